The van der Waals surface area contributed by atoms with Gasteiger partial charge in [0.15, 0.2) is 0 Å². The standard InChI is InChI=1S/C12H15NO3/c14-12-3-1-2-11(13-5-9-7-16-9)10(12)4-8-6-15-8/h1-3,8-9,13-14H,4-7H2. The summed E-state index contributed by atoms with van der Waals surface area (Å²) in [5, 5.41) is 13.1. The van der Waals surface area contributed by atoms with Crippen molar-refractivity contribution in [1.29, 1.82) is 0 Å². The summed E-state index contributed by atoms with van der Waals surface area (Å²) in [6.45, 7) is 2.45. The lowest BCUT2D eigenvalue weighted by molar-refractivity contribution is 0.402. The van der Waals surface area contributed by atoms with E-state index in [4.69, 9.17) is 9.47 Å². The van der Waals surface area contributed by atoms with Crippen molar-refractivity contribution in [2.75, 3.05) is 25.1 Å². The summed E-state index contributed by atoms with van der Waals surface area (Å²) in [6.07, 6.45) is 1.40. The van der Waals surface area contributed by atoms with E-state index in [1.165, 1.54) is 0 Å². The Labute approximate surface area is 94.2 Å². The van der Waals surface area contributed by atoms with Crippen molar-refractivity contribution in [2.24, 2.45) is 0 Å². The van der Waals surface area contributed by atoms with Gasteiger partial charge in [-0.15, -0.1) is 0 Å². The van der Waals surface area contributed by atoms with Gasteiger partial charge >= 0.3 is 0 Å². The van der Waals surface area contributed by atoms with E-state index in [-0.39, 0.29) is 6.10 Å². The van der Waals surface area contributed by atoms with Gasteiger partial charge in [0.1, 0.15) is 5.75 Å². The summed E-state index contributed by atoms with van der Waals surface area (Å²) < 4.78 is 10.3. The van der Waals surface area contributed by atoms with Crippen molar-refractivity contribution in [2.45, 2.75) is 18.6 Å². The summed E-state index contributed by atoms with van der Waals surface area (Å²) in [5.74, 6) is 0.345. The number of epoxide rings is 2. The third-order valence-electron chi connectivity index (χ3n) is 2.91. The van der Waals surface area contributed by atoms with E-state index < -0.39 is 0 Å². The molecule has 2 unspecified atom stereocenters. The van der Waals surface area contributed by atoms with Crippen LogP contribution in [-0.4, -0.2) is 37.1 Å². The normalized spacial score (nSPS) is 26.5. The first-order chi connectivity index (χ1) is 7.83. The van der Waals surface area contributed by atoms with Crippen LogP contribution in [0.3, 0.4) is 0 Å². The summed E-state index contributed by atoms with van der Waals surface area (Å²) in [6, 6.07) is 5.55. The van der Waals surface area contributed by atoms with Crippen LogP contribution in [0.4, 0.5) is 5.69 Å². The highest BCUT2D eigenvalue weighted by molar-refractivity contribution is 5.57. The molecule has 4 heteroatoms. The van der Waals surface area contributed by atoms with Gasteiger partial charge in [-0.2, -0.15) is 0 Å². The molecule has 2 heterocycles. The third-order valence-corrected chi connectivity index (χ3v) is 2.91. The van der Waals surface area contributed by atoms with E-state index >= 15 is 0 Å². The highest BCUT2D eigenvalue weighted by Crippen LogP contribution is 2.30. The minimum Gasteiger partial charge on any atom is -0.508 e. The Morgan fingerprint density at radius 1 is 1.25 bits per heavy atom. The minimum atomic E-state index is 0.283. The molecular weight excluding hydrogens is 206 g/mol. The Kier molecular flexibility index (Phi) is 2.46. The SMILES string of the molecule is Oc1cccc(NCC2CO2)c1CC1CO1. The van der Waals surface area contributed by atoms with Crippen molar-refractivity contribution in [3.05, 3.63) is 23.8 Å². The van der Waals surface area contributed by atoms with Crippen LogP contribution in [0, 0.1) is 0 Å². The number of hydrogen-bond donors (Lipinski definition) is 2. The number of hydrogen-bond acceptors (Lipinski definition) is 4. The van der Waals surface area contributed by atoms with E-state index in [2.05, 4.69) is 5.32 Å². The molecule has 0 radical (unpaired) electrons. The van der Waals surface area contributed by atoms with E-state index in [0.29, 0.717) is 11.9 Å². The quantitative estimate of drug-likeness (QED) is 0.732. The Hall–Kier alpha value is -1.26. The Morgan fingerprint density at radius 2 is 2.00 bits per heavy atom. The van der Waals surface area contributed by atoms with Crippen molar-refractivity contribution < 1.29 is 14.6 Å². The molecule has 1 aromatic carbocycles. The molecule has 2 N–H and O–H groups in total. The summed E-state index contributed by atoms with van der Waals surface area (Å²) >= 11 is 0. The predicted molar refractivity (Wildman–Crippen MR) is 59.8 cm³/mol. The van der Waals surface area contributed by atoms with Crippen LogP contribution in [0.1, 0.15) is 5.56 Å². The highest BCUT2D eigenvalue weighted by atomic mass is 16.6. The minimum absolute atomic E-state index is 0.283. The second kappa shape index (κ2) is 3.96. The molecule has 2 saturated heterocycles. The molecule has 0 aliphatic carbocycles. The molecule has 0 saturated carbocycles. The number of benzene rings is 1. The van der Waals surface area contributed by atoms with Gasteiger partial charge in [0.2, 0.25) is 0 Å². The molecule has 1 aromatic rings. The average molecular weight is 221 g/mol. The van der Waals surface area contributed by atoms with Gasteiger partial charge in [-0.05, 0) is 12.1 Å². The number of anilines is 1. The van der Waals surface area contributed by atoms with E-state index in [1.807, 2.05) is 12.1 Å². The molecule has 3 rings (SSSR count). The average Bonchev–Trinajstić information content (AvgIpc) is 3.14. The van der Waals surface area contributed by atoms with E-state index in [1.54, 1.807) is 6.07 Å². The van der Waals surface area contributed by atoms with Crippen LogP contribution in [0.25, 0.3) is 0 Å². The molecule has 86 valence electrons. The van der Waals surface area contributed by atoms with Crippen LogP contribution >= 0.6 is 0 Å². The lowest BCUT2D eigenvalue weighted by Crippen LogP contribution is -2.10. The van der Waals surface area contributed by atoms with Crippen molar-refractivity contribution in [1.82, 2.24) is 0 Å². The zero-order valence-corrected chi connectivity index (χ0v) is 8.98. The molecule has 2 aliphatic heterocycles. The largest absolute Gasteiger partial charge is 0.508 e. The summed E-state index contributed by atoms with van der Waals surface area (Å²) in [7, 11) is 0. The Bertz CT molecular complexity index is 386. The maximum Gasteiger partial charge on any atom is 0.120 e. The molecular formula is C12H15NO3. The Balaban J connectivity index is 1.74. The van der Waals surface area contributed by atoms with Crippen molar-refractivity contribution >= 4 is 5.69 Å². The maximum absolute atomic E-state index is 9.82. The van der Waals surface area contributed by atoms with Gasteiger partial charge in [-0.3, -0.25) is 0 Å². The van der Waals surface area contributed by atoms with E-state index in [0.717, 1.165) is 37.4 Å². The third kappa shape index (κ3) is 2.28. The fourth-order valence-electron chi connectivity index (χ4n) is 1.78. The first-order valence-electron chi connectivity index (χ1n) is 5.61. The second-order valence-corrected chi connectivity index (χ2v) is 4.30. The van der Waals surface area contributed by atoms with Crippen LogP contribution in [0.5, 0.6) is 5.75 Å². The Morgan fingerprint density at radius 3 is 2.69 bits per heavy atom. The predicted octanol–water partition coefficient (Wildman–Crippen LogP) is 1.14. The monoisotopic (exact) mass is 221 g/mol. The topological polar surface area (TPSA) is 57.3 Å². The zero-order chi connectivity index (χ0) is 11.0. The molecule has 0 aromatic heterocycles. The second-order valence-electron chi connectivity index (χ2n) is 4.30. The van der Waals surface area contributed by atoms with Gasteiger partial charge in [0.25, 0.3) is 0 Å². The number of rotatable bonds is 5. The fraction of sp³-hybridized carbons (Fsp3) is 0.500. The van der Waals surface area contributed by atoms with Gasteiger partial charge < -0.3 is 19.9 Å². The van der Waals surface area contributed by atoms with Crippen LogP contribution < -0.4 is 5.32 Å². The number of ether oxygens (including phenoxy) is 2. The van der Waals surface area contributed by atoms with Gasteiger partial charge in [0.05, 0.1) is 25.4 Å². The zero-order valence-electron chi connectivity index (χ0n) is 8.98. The van der Waals surface area contributed by atoms with E-state index in [9.17, 15) is 5.11 Å². The molecule has 0 spiro atoms. The van der Waals surface area contributed by atoms with Crippen LogP contribution in [0.2, 0.25) is 0 Å². The maximum atomic E-state index is 9.82. The first kappa shape index (κ1) is 9.93. The van der Waals surface area contributed by atoms with Gasteiger partial charge in [-0.25, -0.2) is 0 Å². The molecule has 16 heavy (non-hydrogen) atoms. The number of phenols is 1. The van der Waals surface area contributed by atoms with Crippen LogP contribution in [0.15, 0.2) is 18.2 Å². The number of aromatic hydroxyl groups is 1. The van der Waals surface area contributed by atoms with Crippen LogP contribution in [-0.2, 0) is 15.9 Å². The summed E-state index contributed by atoms with van der Waals surface area (Å²) in [4.78, 5) is 0. The molecule has 2 aliphatic rings. The summed E-state index contributed by atoms with van der Waals surface area (Å²) in [5.41, 5.74) is 1.94. The lowest BCUT2D eigenvalue weighted by Gasteiger charge is -2.11. The highest BCUT2D eigenvalue weighted by Gasteiger charge is 2.26. The molecule has 2 fully saturated rings. The first-order valence-corrected chi connectivity index (χ1v) is 5.61. The number of phenolic OH excluding ortho intramolecular Hbond substituents is 1. The van der Waals surface area contributed by atoms with Gasteiger partial charge in [0, 0.05) is 24.2 Å². The van der Waals surface area contributed by atoms with Crippen molar-refractivity contribution in [3.63, 3.8) is 0 Å². The molecule has 4 nitrogen and oxygen atoms in total. The molecule has 0 bridgehead atoms. The van der Waals surface area contributed by atoms with Crippen molar-refractivity contribution in [3.8, 4) is 5.75 Å². The van der Waals surface area contributed by atoms with Gasteiger partial charge in [-0.1, -0.05) is 6.07 Å². The smallest absolute Gasteiger partial charge is 0.120 e. The fourth-order valence-corrected chi connectivity index (χ4v) is 1.78. The molecule has 2 atom stereocenters. The lowest BCUT2D eigenvalue weighted by atomic mass is 10.1. The molecule has 0 amide bonds. The number of nitrogens with one attached hydrogen (secondary N) is 1.